The normalized spacial score (nSPS) is 23.8. The molecule has 1 N–H and O–H groups in total. The number of ketones is 1. The van der Waals surface area contributed by atoms with E-state index in [0.717, 1.165) is 0 Å². The summed E-state index contributed by atoms with van der Waals surface area (Å²) in [5, 5.41) is 8.99. The fourth-order valence-corrected chi connectivity index (χ4v) is 1.78. The van der Waals surface area contributed by atoms with Crippen molar-refractivity contribution < 1.29 is 32.6 Å². The molecule has 1 rings (SSSR count). The number of hydrogen-bond donors (Lipinski definition) is 1. The number of Topliss-reactive ketones (excluding diaryl/α,β-unsaturated/α-hetero) is 1. The van der Waals surface area contributed by atoms with E-state index >= 15 is 0 Å². The number of aliphatic hydroxyl groups excluding tert-OH is 1. The molecular weight excluding hydrogens is 253 g/mol. The van der Waals surface area contributed by atoms with E-state index in [0.29, 0.717) is 0 Å². The van der Waals surface area contributed by atoms with Gasteiger partial charge in [-0.25, -0.2) is 0 Å². The van der Waals surface area contributed by atoms with E-state index in [1.54, 1.807) is 6.92 Å². The third-order valence-corrected chi connectivity index (χ3v) is 2.68. The number of alkyl halides is 3. The number of carbonyl (C=O) groups is 2. The van der Waals surface area contributed by atoms with Crippen molar-refractivity contribution >= 4 is 11.8 Å². The standard InChI is InChI=1S/C11H13F3O4/c1-2-18-10(17)6-3-4-8(15)7(5-6)9(16)11(12,13)14/h6,16H,2-5H2,1H3. The lowest BCUT2D eigenvalue weighted by molar-refractivity contribution is -0.149. The minimum absolute atomic E-state index is 0.119. The number of halogens is 3. The fourth-order valence-electron chi connectivity index (χ4n) is 1.78. The highest BCUT2D eigenvalue weighted by Gasteiger charge is 2.41. The van der Waals surface area contributed by atoms with E-state index < -0.39 is 41.6 Å². The summed E-state index contributed by atoms with van der Waals surface area (Å²) in [6.45, 7) is 1.70. The number of esters is 1. The van der Waals surface area contributed by atoms with Crippen LogP contribution in [0.3, 0.4) is 0 Å². The molecule has 0 aromatic rings. The summed E-state index contributed by atoms with van der Waals surface area (Å²) in [6.07, 6.45) is -5.45. The molecule has 1 saturated carbocycles. The Morgan fingerprint density at radius 3 is 2.61 bits per heavy atom. The molecule has 0 aromatic carbocycles. The average Bonchev–Trinajstić information content (AvgIpc) is 2.27. The third kappa shape index (κ3) is 3.24. The summed E-state index contributed by atoms with van der Waals surface area (Å²) in [5.41, 5.74) is -0.730. The van der Waals surface area contributed by atoms with Crippen molar-refractivity contribution in [3.8, 4) is 0 Å². The smallest absolute Gasteiger partial charge is 0.449 e. The Hall–Kier alpha value is -1.53. The van der Waals surface area contributed by atoms with Crippen LogP contribution in [0.15, 0.2) is 11.3 Å². The first-order valence-electron chi connectivity index (χ1n) is 5.46. The number of rotatable bonds is 2. The summed E-state index contributed by atoms with van der Waals surface area (Å²) >= 11 is 0. The molecule has 0 heterocycles. The predicted molar refractivity (Wildman–Crippen MR) is 54.7 cm³/mol. The second-order valence-corrected chi connectivity index (χ2v) is 3.94. The van der Waals surface area contributed by atoms with Crippen LogP contribution in [-0.4, -0.2) is 29.6 Å². The van der Waals surface area contributed by atoms with Crippen LogP contribution in [-0.2, 0) is 14.3 Å². The van der Waals surface area contributed by atoms with E-state index in [1.165, 1.54) is 0 Å². The van der Waals surface area contributed by atoms with Crippen LogP contribution in [0.5, 0.6) is 0 Å². The first kappa shape index (κ1) is 14.5. The molecule has 0 saturated heterocycles. The van der Waals surface area contributed by atoms with Crippen molar-refractivity contribution in [1.82, 2.24) is 0 Å². The van der Waals surface area contributed by atoms with Crippen LogP contribution in [0, 0.1) is 5.92 Å². The average molecular weight is 266 g/mol. The van der Waals surface area contributed by atoms with Gasteiger partial charge < -0.3 is 9.84 Å². The number of allylic oxidation sites excluding steroid dienone is 2. The molecule has 1 fully saturated rings. The zero-order chi connectivity index (χ0) is 13.9. The summed E-state index contributed by atoms with van der Waals surface area (Å²) in [5.74, 6) is -4.12. The van der Waals surface area contributed by atoms with Gasteiger partial charge in [0, 0.05) is 12.0 Å². The van der Waals surface area contributed by atoms with Gasteiger partial charge in [-0.3, -0.25) is 9.59 Å². The zero-order valence-electron chi connectivity index (χ0n) is 9.71. The molecule has 0 bridgehead atoms. The van der Waals surface area contributed by atoms with E-state index in [2.05, 4.69) is 0 Å². The van der Waals surface area contributed by atoms with Crippen LogP contribution >= 0.6 is 0 Å². The van der Waals surface area contributed by atoms with Crippen LogP contribution in [0.1, 0.15) is 26.2 Å². The van der Waals surface area contributed by atoms with Gasteiger partial charge in [0.05, 0.1) is 12.5 Å². The van der Waals surface area contributed by atoms with Crippen molar-refractivity contribution in [2.24, 2.45) is 5.92 Å². The highest BCUT2D eigenvalue weighted by atomic mass is 19.4. The SMILES string of the molecule is CCOC(=O)C1CCC(=O)C(=C(O)C(F)(F)F)C1. The van der Waals surface area contributed by atoms with Gasteiger partial charge in [0.25, 0.3) is 0 Å². The van der Waals surface area contributed by atoms with Crippen LogP contribution in [0.25, 0.3) is 0 Å². The number of ether oxygens (including phenoxy) is 1. The predicted octanol–water partition coefficient (Wildman–Crippen LogP) is 2.29. The molecule has 1 unspecified atom stereocenters. The molecular formula is C11H13F3O4. The van der Waals surface area contributed by atoms with Gasteiger partial charge in [-0.05, 0) is 19.8 Å². The Morgan fingerprint density at radius 1 is 1.50 bits per heavy atom. The fraction of sp³-hybridized carbons (Fsp3) is 0.636. The highest BCUT2D eigenvalue weighted by molar-refractivity contribution is 5.98. The molecule has 1 aliphatic carbocycles. The Bertz CT molecular complexity index is 384. The van der Waals surface area contributed by atoms with Crippen molar-refractivity contribution in [1.29, 1.82) is 0 Å². The summed E-state index contributed by atoms with van der Waals surface area (Å²) in [6, 6.07) is 0. The lowest BCUT2D eigenvalue weighted by atomic mass is 9.84. The highest BCUT2D eigenvalue weighted by Crippen LogP contribution is 2.34. The van der Waals surface area contributed by atoms with Gasteiger partial charge in [-0.2, -0.15) is 13.2 Å². The molecule has 0 aliphatic heterocycles. The monoisotopic (exact) mass is 266 g/mol. The molecule has 102 valence electrons. The van der Waals surface area contributed by atoms with Crippen molar-refractivity contribution in [2.75, 3.05) is 6.61 Å². The van der Waals surface area contributed by atoms with Crippen molar-refractivity contribution in [3.63, 3.8) is 0 Å². The minimum atomic E-state index is -4.97. The second kappa shape index (κ2) is 5.41. The van der Waals surface area contributed by atoms with Gasteiger partial charge in [-0.15, -0.1) is 0 Å². The first-order chi connectivity index (χ1) is 8.27. The first-order valence-corrected chi connectivity index (χ1v) is 5.46. The molecule has 7 heteroatoms. The maximum absolute atomic E-state index is 12.3. The molecule has 4 nitrogen and oxygen atoms in total. The quantitative estimate of drug-likeness (QED) is 0.473. The topological polar surface area (TPSA) is 63.6 Å². The number of carbonyl (C=O) groups excluding carboxylic acids is 2. The van der Waals surface area contributed by atoms with Gasteiger partial charge in [0.15, 0.2) is 5.78 Å². The Morgan fingerprint density at radius 2 is 2.11 bits per heavy atom. The van der Waals surface area contributed by atoms with Crippen molar-refractivity contribution in [3.05, 3.63) is 11.3 Å². The molecule has 0 spiro atoms. The molecule has 1 aliphatic rings. The molecule has 0 amide bonds. The van der Waals surface area contributed by atoms with E-state index in [9.17, 15) is 22.8 Å². The van der Waals surface area contributed by atoms with E-state index in [-0.39, 0.29) is 19.4 Å². The lowest BCUT2D eigenvalue weighted by Gasteiger charge is -2.23. The summed E-state index contributed by atoms with van der Waals surface area (Å²) < 4.78 is 41.6. The van der Waals surface area contributed by atoms with Gasteiger partial charge >= 0.3 is 12.1 Å². The van der Waals surface area contributed by atoms with E-state index in [4.69, 9.17) is 9.84 Å². The molecule has 18 heavy (non-hydrogen) atoms. The van der Waals surface area contributed by atoms with Gasteiger partial charge in [0.1, 0.15) is 0 Å². The summed E-state index contributed by atoms with van der Waals surface area (Å²) in [7, 11) is 0. The Labute approximate surface area is 101 Å². The van der Waals surface area contributed by atoms with Crippen LogP contribution in [0.2, 0.25) is 0 Å². The van der Waals surface area contributed by atoms with Crippen LogP contribution < -0.4 is 0 Å². The van der Waals surface area contributed by atoms with Crippen molar-refractivity contribution in [2.45, 2.75) is 32.4 Å². The zero-order valence-corrected chi connectivity index (χ0v) is 9.71. The number of hydrogen-bond acceptors (Lipinski definition) is 4. The molecule has 0 aromatic heterocycles. The minimum Gasteiger partial charge on any atom is -0.504 e. The Balaban J connectivity index is 2.92. The van der Waals surface area contributed by atoms with Gasteiger partial charge in [-0.1, -0.05) is 0 Å². The van der Waals surface area contributed by atoms with E-state index in [1.807, 2.05) is 0 Å². The van der Waals surface area contributed by atoms with Crippen LogP contribution in [0.4, 0.5) is 13.2 Å². The van der Waals surface area contributed by atoms with Gasteiger partial charge in [0.2, 0.25) is 5.76 Å². The Kier molecular flexibility index (Phi) is 4.37. The third-order valence-electron chi connectivity index (χ3n) is 2.68. The summed E-state index contributed by atoms with van der Waals surface area (Å²) in [4.78, 5) is 22.7. The molecule has 0 radical (unpaired) electrons. The maximum atomic E-state index is 12.3. The molecule has 1 atom stereocenters. The maximum Gasteiger partial charge on any atom is 0.449 e. The lowest BCUT2D eigenvalue weighted by Crippen LogP contribution is -2.28. The number of aliphatic hydroxyl groups is 1. The second-order valence-electron chi connectivity index (χ2n) is 3.94. The largest absolute Gasteiger partial charge is 0.504 e.